The van der Waals surface area contributed by atoms with Crippen LogP contribution in [0.2, 0.25) is 5.02 Å². The topological polar surface area (TPSA) is 30.7 Å². The third-order valence-electron chi connectivity index (χ3n) is 4.36. The molecule has 0 saturated heterocycles. The summed E-state index contributed by atoms with van der Waals surface area (Å²) in [6.07, 6.45) is 0. The molecule has 0 aliphatic heterocycles. The molecule has 1 heterocycles. The largest absolute Gasteiger partial charge is 0.270 e. The molecule has 0 spiro atoms. The molecular weight excluding hydrogens is 454 g/mol. The second-order valence-corrected chi connectivity index (χ2v) is 8.62. The molecule has 3 aromatic carbocycles. The first-order chi connectivity index (χ1) is 13.6. The van der Waals surface area contributed by atoms with Crippen molar-refractivity contribution in [2.24, 2.45) is 0 Å². The minimum atomic E-state index is 0.726. The van der Waals surface area contributed by atoms with Crippen molar-refractivity contribution >= 4 is 39.3 Å². The third kappa shape index (κ3) is 4.17. The lowest BCUT2D eigenvalue weighted by molar-refractivity contribution is 0.886. The zero-order chi connectivity index (χ0) is 19.5. The van der Waals surface area contributed by atoms with Gasteiger partial charge in [-0.05, 0) is 48.4 Å². The molecular formula is C22H17BrClN3S. The average Bonchev–Trinajstić information content (AvgIpc) is 3.14. The zero-order valence-electron chi connectivity index (χ0n) is 15.1. The molecule has 0 amide bonds. The lowest BCUT2D eigenvalue weighted by Gasteiger charge is -2.11. The van der Waals surface area contributed by atoms with Crippen molar-refractivity contribution in [3.8, 4) is 17.1 Å². The van der Waals surface area contributed by atoms with Crippen molar-refractivity contribution in [3.05, 3.63) is 93.4 Å². The Bertz CT molecular complexity index is 1090. The van der Waals surface area contributed by atoms with Crippen LogP contribution < -0.4 is 0 Å². The molecule has 0 unspecified atom stereocenters. The molecule has 0 fully saturated rings. The van der Waals surface area contributed by atoms with E-state index in [2.05, 4.69) is 67.1 Å². The maximum atomic E-state index is 6.36. The van der Waals surface area contributed by atoms with Crippen molar-refractivity contribution in [2.75, 3.05) is 0 Å². The number of benzene rings is 3. The summed E-state index contributed by atoms with van der Waals surface area (Å²) < 4.78 is 3.16. The molecule has 28 heavy (non-hydrogen) atoms. The van der Waals surface area contributed by atoms with Gasteiger partial charge in [0, 0.05) is 26.5 Å². The Labute approximate surface area is 181 Å². The Balaban J connectivity index is 1.73. The monoisotopic (exact) mass is 469 g/mol. The first-order valence-corrected chi connectivity index (χ1v) is 10.9. The number of hydrogen-bond acceptors (Lipinski definition) is 3. The van der Waals surface area contributed by atoms with E-state index in [4.69, 9.17) is 11.6 Å². The van der Waals surface area contributed by atoms with Crippen LogP contribution in [0.3, 0.4) is 0 Å². The molecule has 0 bridgehead atoms. The lowest BCUT2D eigenvalue weighted by Crippen LogP contribution is -1.99. The number of hydrogen-bond donors (Lipinski definition) is 0. The van der Waals surface area contributed by atoms with Gasteiger partial charge in [-0.3, -0.25) is 4.57 Å². The highest BCUT2D eigenvalue weighted by atomic mass is 79.9. The fourth-order valence-corrected chi connectivity index (χ4v) is 4.17. The minimum absolute atomic E-state index is 0.726. The molecule has 0 N–H and O–H groups in total. The summed E-state index contributed by atoms with van der Waals surface area (Å²) >= 11 is 11.5. The van der Waals surface area contributed by atoms with Crippen molar-refractivity contribution in [2.45, 2.75) is 17.8 Å². The summed E-state index contributed by atoms with van der Waals surface area (Å²) in [5.41, 5.74) is 4.25. The van der Waals surface area contributed by atoms with Crippen LogP contribution in [0.1, 0.15) is 11.1 Å². The second-order valence-electron chi connectivity index (χ2n) is 6.36. The van der Waals surface area contributed by atoms with Crippen molar-refractivity contribution < 1.29 is 0 Å². The Morgan fingerprint density at radius 1 is 0.964 bits per heavy atom. The van der Waals surface area contributed by atoms with Gasteiger partial charge in [-0.1, -0.05) is 81.8 Å². The molecule has 6 heteroatoms. The number of thioether (sulfide) groups is 1. The highest BCUT2D eigenvalue weighted by Gasteiger charge is 2.16. The van der Waals surface area contributed by atoms with Gasteiger partial charge in [0.25, 0.3) is 0 Å². The van der Waals surface area contributed by atoms with Gasteiger partial charge in [0.05, 0.1) is 0 Å². The summed E-state index contributed by atoms with van der Waals surface area (Å²) in [6, 6.07) is 24.5. The van der Waals surface area contributed by atoms with E-state index in [0.717, 1.165) is 43.0 Å². The smallest absolute Gasteiger partial charge is 0.196 e. The summed E-state index contributed by atoms with van der Waals surface area (Å²) in [5, 5.41) is 10.5. The SMILES string of the molecule is Cc1ccc(-c2nnc(SCc3ccc(Br)cc3)n2-c2ccccc2)cc1Cl. The number of rotatable bonds is 5. The predicted molar refractivity (Wildman–Crippen MR) is 120 cm³/mol. The number of nitrogens with zero attached hydrogens (tertiary/aromatic N) is 3. The number of halogens is 2. The maximum Gasteiger partial charge on any atom is 0.196 e. The molecule has 0 atom stereocenters. The molecule has 0 saturated carbocycles. The number of aryl methyl sites for hydroxylation is 1. The Hall–Kier alpha value is -2.08. The second kappa shape index (κ2) is 8.52. The molecule has 0 aliphatic rings. The van der Waals surface area contributed by atoms with E-state index in [0.29, 0.717) is 0 Å². The van der Waals surface area contributed by atoms with Crippen LogP contribution >= 0.6 is 39.3 Å². The Morgan fingerprint density at radius 2 is 1.71 bits per heavy atom. The summed E-state index contributed by atoms with van der Waals surface area (Å²) in [6.45, 7) is 1.99. The first-order valence-electron chi connectivity index (χ1n) is 8.76. The van der Waals surface area contributed by atoms with Gasteiger partial charge in [0.15, 0.2) is 11.0 Å². The minimum Gasteiger partial charge on any atom is -0.270 e. The maximum absolute atomic E-state index is 6.36. The Kier molecular flexibility index (Phi) is 5.85. The fourth-order valence-electron chi connectivity index (χ4n) is 2.82. The van der Waals surface area contributed by atoms with Crippen LogP contribution in [0.5, 0.6) is 0 Å². The number of para-hydroxylation sites is 1. The molecule has 1 aromatic heterocycles. The van der Waals surface area contributed by atoms with E-state index >= 15 is 0 Å². The van der Waals surface area contributed by atoms with Crippen LogP contribution in [0.25, 0.3) is 17.1 Å². The molecule has 3 nitrogen and oxygen atoms in total. The van der Waals surface area contributed by atoms with Gasteiger partial charge >= 0.3 is 0 Å². The lowest BCUT2D eigenvalue weighted by atomic mass is 10.1. The van der Waals surface area contributed by atoms with E-state index in [9.17, 15) is 0 Å². The van der Waals surface area contributed by atoms with E-state index in [1.165, 1.54) is 5.56 Å². The highest BCUT2D eigenvalue weighted by Crippen LogP contribution is 2.31. The first kappa shape index (κ1) is 19.2. The van der Waals surface area contributed by atoms with Gasteiger partial charge in [-0.15, -0.1) is 10.2 Å². The standard InChI is InChI=1S/C22H17BrClN3S/c1-15-7-10-17(13-20(15)24)21-25-26-22(27(21)19-5-3-2-4-6-19)28-14-16-8-11-18(23)12-9-16/h2-13H,14H2,1H3. The normalized spacial score (nSPS) is 11.0. The van der Waals surface area contributed by atoms with E-state index in [1.807, 2.05) is 43.3 Å². The fraction of sp³-hybridized carbons (Fsp3) is 0.0909. The van der Waals surface area contributed by atoms with Crippen molar-refractivity contribution in [1.82, 2.24) is 14.8 Å². The summed E-state index contributed by atoms with van der Waals surface area (Å²) in [7, 11) is 0. The molecule has 140 valence electrons. The van der Waals surface area contributed by atoms with Crippen LogP contribution in [0.15, 0.2) is 82.4 Å². The molecule has 0 aliphatic carbocycles. The van der Waals surface area contributed by atoms with E-state index in [-0.39, 0.29) is 0 Å². The third-order valence-corrected chi connectivity index (χ3v) is 6.29. The van der Waals surface area contributed by atoms with E-state index < -0.39 is 0 Å². The average molecular weight is 471 g/mol. The van der Waals surface area contributed by atoms with Gasteiger partial charge in [-0.2, -0.15) is 0 Å². The zero-order valence-corrected chi connectivity index (χ0v) is 18.3. The molecule has 4 rings (SSSR count). The van der Waals surface area contributed by atoms with Crippen LogP contribution in [-0.4, -0.2) is 14.8 Å². The number of aromatic nitrogens is 3. The predicted octanol–water partition coefficient (Wildman–Crippen LogP) is 6.95. The van der Waals surface area contributed by atoms with Crippen molar-refractivity contribution in [3.63, 3.8) is 0 Å². The van der Waals surface area contributed by atoms with Gasteiger partial charge in [-0.25, -0.2) is 0 Å². The molecule has 4 aromatic rings. The van der Waals surface area contributed by atoms with Crippen LogP contribution in [0.4, 0.5) is 0 Å². The van der Waals surface area contributed by atoms with Gasteiger partial charge in [0.2, 0.25) is 0 Å². The van der Waals surface area contributed by atoms with Gasteiger partial charge < -0.3 is 0 Å². The van der Waals surface area contributed by atoms with E-state index in [1.54, 1.807) is 11.8 Å². The Morgan fingerprint density at radius 3 is 2.43 bits per heavy atom. The van der Waals surface area contributed by atoms with Crippen molar-refractivity contribution in [1.29, 1.82) is 0 Å². The van der Waals surface area contributed by atoms with Crippen LogP contribution in [-0.2, 0) is 5.75 Å². The quantitative estimate of drug-likeness (QED) is 0.296. The highest BCUT2D eigenvalue weighted by molar-refractivity contribution is 9.10. The van der Waals surface area contributed by atoms with Crippen LogP contribution in [0, 0.1) is 6.92 Å². The van der Waals surface area contributed by atoms with Gasteiger partial charge in [0.1, 0.15) is 0 Å². The summed E-state index contributed by atoms with van der Waals surface area (Å²) in [5.74, 6) is 1.60. The molecule has 0 radical (unpaired) electrons. The summed E-state index contributed by atoms with van der Waals surface area (Å²) in [4.78, 5) is 0.